The molecule has 0 aliphatic carbocycles. The van der Waals surface area contributed by atoms with E-state index in [9.17, 15) is 4.39 Å². The van der Waals surface area contributed by atoms with Crippen LogP contribution in [-0.2, 0) is 0 Å². The molecule has 1 aromatic heterocycles. The summed E-state index contributed by atoms with van der Waals surface area (Å²) < 4.78 is 19.4. The van der Waals surface area contributed by atoms with Crippen molar-refractivity contribution in [3.8, 4) is 5.75 Å². The number of anilines is 2. The van der Waals surface area contributed by atoms with Crippen LogP contribution in [0.15, 0.2) is 18.3 Å². The summed E-state index contributed by atoms with van der Waals surface area (Å²) in [6.45, 7) is 3.50. The number of hydrogen-bond donors (Lipinski definition) is 0. The van der Waals surface area contributed by atoms with Crippen LogP contribution < -0.4 is 14.5 Å². The molecule has 0 bridgehead atoms. The van der Waals surface area contributed by atoms with Crippen molar-refractivity contribution in [3.05, 3.63) is 24.1 Å². The number of halogens is 1. The van der Waals surface area contributed by atoms with Crippen LogP contribution in [0.1, 0.15) is 6.92 Å². The number of nitrogens with zero attached hydrogens (tertiary/aromatic N) is 3. The van der Waals surface area contributed by atoms with E-state index in [1.165, 1.54) is 12.1 Å². The average molecular weight is 259 g/mol. The molecule has 2 aliphatic rings. The van der Waals surface area contributed by atoms with Gasteiger partial charge in [-0.15, -0.1) is 0 Å². The molecule has 1 atom stereocenters. The highest BCUT2D eigenvalue weighted by Gasteiger charge is 2.33. The first-order valence-corrected chi connectivity index (χ1v) is 6.38. The Balaban J connectivity index is 2.14. The van der Waals surface area contributed by atoms with Crippen molar-refractivity contribution in [3.63, 3.8) is 0 Å². The second-order valence-corrected chi connectivity index (χ2v) is 5.26. The maximum Gasteiger partial charge on any atom is 0.133 e. The fourth-order valence-electron chi connectivity index (χ4n) is 2.95. The summed E-state index contributed by atoms with van der Waals surface area (Å²) in [6, 6.07) is 3.18. The van der Waals surface area contributed by atoms with Gasteiger partial charge in [-0.3, -0.25) is 4.98 Å². The highest BCUT2D eigenvalue weighted by molar-refractivity contribution is 6.04. The molecule has 0 saturated heterocycles. The van der Waals surface area contributed by atoms with Crippen molar-refractivity contribution >= 4 is 22.3 Å². The van der Waals surface area contributed by atoms with Gasteiger partial charge < -0.3 is 14.5 Å². The van der Waals surface area contributed by atoms with Crippen molar-refractivity contribution in [1.29, 1.82) is 0 Å². The van der Waals surface area contributed by atoms with Crippen LogP contribution in [0.5, 0.6) is 5.75 Å². The molecule has 2 aromatic rings. The van der Waals surface area contributed by atoms with E-state index < -0.39 is 0 Å². The minimum absolute atomic E-state index is 0.254. The summed E-state index contributed by atoms with van der Waals surface area (Å²) >= 11 is 0. The van der Waals surface area contributed by atoms with Gasteiger partial charge in [0, 0.05) is 19.2 Å². The smallest absolute Gasteiger partial charge is 0.133 e. The van der Waals surface area contributed by atoms with Gasteiger partial charge in [-0.25, -0.2) is 4.39 Å². The van der Waals surface area contributed by atoms with E-state index >= 15 is 0 Å². The lowest BCUT2D eigenvalue weighted by Crippen LogP contribution is -2.38. The fraction of sp³-hybridized carbons (Fsp3) is 0.357. The minimum atomic E-state index is -0.303. The Bertz CT molecular complexity index is 688. The molecule has 2 aliphatic heterocycles. The topological polar surface area (TPSA) is 28.6 Å². The Hall–Kier alpha value is -2.04. The van der Waals surface area contributed by atoms with Gasteiger partial charge in [0.2, 0.25) is 0 Å². The van der Waals surface area contributed by atoms with Gasteiger partial charge >= 0.3 is 0 Å². The number of pyridine rings is 1. The van der Waals surface area contributed by atoms with Gasteiger partial charge in [0.1, 0.15) is 18.2 Å². The van der Waals surface area contributed by atoms with E-state index in [1.54, 1.807) is 0 Å². The second-order valence-electron chi connectivity index (χ2n) is 5.26. The molecule has 0 fully saturated rings. The first kappa shape index (κ1) is 10.8. The molecule has 4 rings (SSSR count). The van der Waals surface area contributed by atoms with Crippen LogP contribution in [0, 0.1) is 5.82 Å². The zero-order valence-electron chi connectivity index (χ0n) is 10.9. The van der Waals surface area contributed by atoms with E-state index in [0.717, 1.165) is 23.4 Å². The van der Waals surface area contributed by atoms with Gasteiger partial charge in [-0.05, 0) is 6.92 Å². The summed E-state index contributed by atoms with van der Waals surface area (Å²) in [5.41, 5.74) is 2.85. The Labute approximate surface area is 110 Å². The Morgan fingerprint density at radius 2 is 2.26 bits per heavy atom. The largest absolute Gasteiger partial charge is 0.491 e. The molecule has 5 heteroatoms. The van der Waals surface area contributed by atoms with Crippen LogP contribution in [0.3, 0.4) is 0 Å². The first-order valence-electron chi connectivity index (χ1n) is 6.38. The van der Waals surface area contributed by atoms with Crippen molar-refractivity contribution in [1.82, 2.24) is 4.98 Å². The summed E-state index contributed by atoms with van der Waals surface area (Å²) in [6.07, 6.45) is 1.82. The van der Waals surface area contributed by atoms with Gasteiger partial charge in [-0.1, -0.05) is 0 Å². The molecule has 98 valence electrons. The molecule has 0 amide bonds. The maximum atomic E-state index is 13.6. The Kier molecular flexibility index (Phi) is 2.00. The van der Waals surface area contributed by atoms with Crippen LogP contribution >= 0.6 is 0 Å². The van der Waals surface area contributed by atoms with E-state index in [4.69, 9.17) is 4.74 Å². The number of benzene rings is 1. The van der Waals surface area contributed by atoms with E-state index in [1.807, 2.05) is 13.2 Å². The molecule has 19 heavy (non-hydrogen) atoms. The number of hydrogen-bond acceptors (Lipinski definition) is 4. The molecule has 0 saturated carbocycles. The third-order valence-corrected chi connectivity index (χ3v) is 3.93. The summed E-state index contributed by atoms with van der Waals surface area (Å²) in [7, 11) is 2.05. The zero-order chi connectivity index (χ0) is 13.1. The lowest BCUT2D eigenvalue weighted by atomic mass is 10.1. The van der Waals surface area contributed by atoms with Crippen LogP contribution in [0.4, 0.5) is 15.8 Å². The maximum absolute atomic E-state index is 13.6. The lowest BCUT2D eigenvalue weighted by Gasteiger charge is -2.24. The predicted molar refractivity (Wildman–Crippen MR) is 72.4 cm³/mol. The molecular weight excluding hydrogens is 245 g/mol. The van der Waals surface area contributed by atoms with Crippen molar-refractivity contribution in [2.75, 3.05) is 30.1 Å². The highest BCUT2D eigenvalue weighted by Crippen LogP contribution is 2.46. The lowest BCUT2D eigenvalue weighted by molar-refractivity contribution is 0.296. The molecule has 4 nitrogen and oxygen atoms in total. The van der Waals surface area contributed by atoms with Gasteiger partial charge in [0.05, 0.1) is 41.2 Å². The SMILES string of the molecule is CC1COc2cc(F)cc3ncc4c(c23)N1CN4C. The molecule has 3 heterocycles. The van der Waals surface area contributed by atoms with Crippen LogP contribution in [0.2, 0.25) is 0 Å². The standard InChI is InChI=1S/C14H14FN3O/c1-8-6-19-12-4-9(15)3-10-13(12)14-11(5-16-10)17(2)7-18(8)14/h3-5,8H,6-7H2,1-2H3. The van der Waals surface area contributed by atoms with E-state index in [2.05, 4.69) is 21.7 Å². The Morgan fingerprint density at radius 1 is 1.42 bits per heavy atom. The van der Waals surface area contributed by atoms with Gasteiger partial charge in [-0.2, -0.15) is 0 Å². The quantitative estimate of drug-likeness (QED) is 0.726. The van der Waals surface area contributed by atoms with Crippen LogP contribution in [0.25, 0.3) is 10.9 Å². The molecular formula is C14H14FN3O. The van der Waals surface area contributed by atoms with Gasteiger partial charge in [0.15, 0.2) is 0 Å². The third-order valence-electron chi connectivity index (χ3n) is 3.93. The molecule has 0 radical (unpaired) electrons. The van der Waals surface area contributed by atoms with Crippen molar-refractivity contribution < 1.29 is 9.13 Å². The number of ether oxygens (including phenoxy) is 1. The Morgan fingerprint density at radius 3 is 3.11 bits per heavy atom. The highest BCUT2D eigenvalue weighted by atomic mass is 19.1. The summed E-state index contributed by atoms with van der Waals surface area (Å²) in [4.78, 5) is 8.83. The predicted octanol–water partition coefficient (Wildman–Crippen LogP) is 2.37. The number of rotatable bonds is 0. The number of aromatic nitrogens is 1. The zero-order valence-corrected chi connectivity index (χ0v) is 10.9. The minimum Gasteiger partial charge on any atom is -0.491 e. The molecule has 0 spiro atoms. The molecule has 1 unspecified atom stereocenters. The molecule has 1 aromatic carbocycles. The fourth-order valence-corrected chi connectivity index (χ4v) is 2.95. The van der Waals surface area contributed by atoms with Crippen molar-refractivity contribution in [2.24, 2.45) is 0 Å². The monoisotopic (exact) mass is 259 g/mol. The van der Waals surface area contributed by atoms with Crippen molar-refractivity contribution in [2.45, 2.75) is 13.0 Å². The first-order chi connectivity index (χ1) is 9.15. The second kappa shape index (κ2) is 3.50. The summed E-state index contributed by atoms with van der Waals surface area (Å²) in [5.74, 6) is 0.298. The van der Waals surface area contributed by atoms with E-state index in [-0.39, 0.29) is 11.9 Å². The summed E-state index contributed by atoms with van der Waals surface area (Å²) in [5, 5.41) is 0.924. The average Bonchev–Trinajstić information content (AvgIpc) is 2.66. The third kappa shape index (κ3) is 1.35. The normalized spacial score (nSPS) is 20.7. The molecule has 0 N–H and O–H groups in total. The van der Waals surface area contributed by atoms with Gasteiger partial charge in [0.25, 0.3) is 0 Å². The van der Waals surface area contributed by atoms with E-state index in [0.29, 0.717) is 17.9 Å². The van der Waals surface area contributed by atoms with Crippen LogP contribution in [-0.4, -0.2) is 31.3 Å².